The molecule has 5 nitrogen and oxygen atoms in total. The Morgan fingerprint density at radius 3 is 2.55 bits per heavy atom. The molecule has 20 heavy (non-hydrogen) atoms. The maximum Gasteiger partial charge on any atom is 0.222 e. The lowest BCUT2D eigenvalue weighted by atomic mass is 10.1. The molecule has 110 valence electrons. The van der Waals surface area contributed by atoms with Gasteiger partial charge in [-0.05, 0) is 25.5 Å². The first-order chi connectivity index (χ1) is 9.58. The van der Waals surface area contributed by atoms with Crippen LogP contribution in [0.2, 0.25) is 0 Å². The summed E-state index contributed by atoms with van der Waals surface area (Å²) in [6.07, 6.45) is 1.26. The lowest BCUT2D eigenvalue weighted by molar-refractivity contribution is -0.131. The molecule has 2 rings (SSSR count). The van der Waals surface area contributed by atoms with Crippen LogP contribution >= 0.6 is 0 Å². The normalized spacial score (nSPS) is 17.1. The fourth-order valence-electron chi connectivity index (χ4n) is 2.44. The van der Waals surface area contributed by atoms with Crippen molar-refractivity contribution in [2.45, 2.75) is 25.8 Å². The smallest absolute Gasteiger partial charge is 0.222 e. The molecule has 5 heteroatoms. The summed E-state index contributed by atoms with van der Waals surface area (Å²) in [6.45, 7) is 4.82. The van der Waals surface area contributed by atoms with E-state index in [1.807, 2.05) is 30.0 Å². The van der Waals surface area contributed by atoms with E-state index in [4.69, 9.17) is 5.73 Å². The molecule has 1 aromatic carbocycles. The molecular formula is C15H23N3O2. The first-order valence-corrected chi connectivity index (χ1v) is 7.14. The summed E-state index contributed by atoms with van der Waals surface area (Å²) < 4.78 is 0. The zero-order chi connectivity index (χ0) is 14.5. The van der Waals surface area contributed by atoms with Gasteiger partial charge in [-0.3, -0.25) is 4.79 Å². The third-order valence-corrected chi connectivity index (χ3v) is 3.67. The van der Waals surface area contributed by atoms with Gasteiger partial charge in [0.2, 0.25) is 5.91 Å². The molecule has 1 fully saturated rings. The molecule has 3 N–H and O–H groups in total. The number of nitrogens with two attached hydrogens (primary N) is 1. The highest BCUT2D eigenvalue weighted by molar-refractivity contribution is 5.76. The van der Waals surface area contributed by atoms with Crippen molar-refractivity contribution in [3.05, 3.63) is 24.3 Å². The van der Waals surface area contributed by atoms with Crippen LogP contribution in [0.15, 0.2) is 24.3 Å². The van der Waals surface area contributed by atoms with E-state index in [1.54, 1.807) is 6.07 Å². The number of phenolic OH excluding ortho intramolecular Hbond substituents is 1. The second-order valence-corrected chi connectivity index (χ2v) is 5.37. The third-order valence-electron chi connectivity index (χ3n) is 3.67. The van der Waals surface area contributed by atoms with Gasteiger partial charge in [-0.2, -0.15) is 0 Å². The molecule has 1 amide bonds. The largest absolute Gasteiger partial charge is 0.506 e. The summed E-state index contributed by atoms with van der Waals surface area (Å²) in [5.74, 6) is 0.475. The van der Waals surface area contributed by atoms with Crippen LogP contribution in [0.25, 0.3) is 0 Å². The molecule has 0 saturated carbocycles. The second kappa shape index (κ2) is 6.61. The Kier molecular flexibility index (Phi) is 4.84. The van der Waals surface area contributed by atoms with Crippen molar-refractivity contribution in [1.82, 2.24) is 4.90 Å². The molecule has 1 atom stereocenters. The van der Waals surface area contributed by atoms with Gasteiger partial charge in [0.25, 0.3) is 0 Å². The van der Waals surface area contributed by atoms with Gasteiger partial charge in [0, 0.05) is 38.6 Å². The van der Waals surface area contributed by atoms with E-state index in [-0.39, 0.29) is 11.9 Å². The number of carbonyl (C=O) groups is 1. The van der Waals surface area contributed by atoms with Gasteiger partial charge in [0.05, 0.1) is 5.69 Å². The topological polar surface area (TPSA) is 69.8 Å². The Bertz CT molecular complexity index is 454. The lowest BCUT2D eigenvalue weighted by Crippen LogP contribution is -2.49. The first kappa shape index (κ1) is 14.7. The maximum atomic E-state index is 12.0. The van der Waals surface area contributed by atoms with Crippen LogP contribution in [-0.4, -0.2) is 48.1 Å². The number of anilines is 1. The molecule has 1 aliphatic rings. The fourth-order valence-corrected chi connectivity index (χ4v) is 2.44. The van der Waals surface area contributed by atoms with Crippen LogP contribution in [0.4, 0.5) is 5.69 Å². The fraction of sp³-hybridized carbons (Fsp3) is 0.533. The number of rotatable bonds is 4. The van der Waals surface area contributed by atoms with Crippen molar-refractivity contribution in [1.29, 1.82) is 0 Å². The van der Waals surface area contributed by atoms with Crippen LogP contribution in [0.3, 0.4) is 0 Å². The summed E-state index contributed by atoms with van der Waals surface area (Å²) in [6, 6.07) is 7.39. The van der Waals surface area contributed by atoms with Gasteiger partial charge >= 0.3 is 0 Å². The van der Waals surface area contributed by atoms with E-state index < -0.39 is 0 Å². The Labute approximate surface area is 120 Å². The zero-order valence-corrected chi connectivity index (χ0v) is 12.0. The van der Waals surface area contributed by atoms with Crippen molar-refractivity contribution in [2.75, 3.05) is 31.1 Å². The summed E-state index contributed by atoms with van der Waals surface area (Å²) in [7, 11) is 0. The molecule has 0 bridgehead atoms. The molecule has 1 aliphatic heterocycles. The number of nitrogens with zero attached hydrogens (tertiary/aromatic N) is 2. The average Bonchev–Trinajstić information content (AvgIpc) is 2.45. The van der Waals surface area contributed by atoms with E-state index in [1.165, 1.54) is 0 Å². The summed E-state index contributed by atoms with van der Waals surface area (Å²) in [5, 5.41) is 9.85. The number of benzene rings is 1. The van der Waals surface area contributed by atoms with Crippen molar-refractivity contribution in [2.24, 2.45) is 5.73 Å². The third kappa shape index (κ3) is 3.63. The average molecular weight is 277 g/mol. The Hall–Kier alpha value is -1.75. The SMILES string of the molecule is CC(N)CCC(=O)N1CCN(c2ccccc2O)CC1. The van der Waals surface area contributed by atoms with Crippen molar-refractivity contribution >= 4 is 11.6 Å². The maximum absolute atomic E-state index is 12.0. The number of hydrogen-bond donors (Lipinski definition) is 2. The van der Waals surface area contributed by atoms with E-state index in [9.17, 15) is 9.90 Å². The Balaban J connectivity index is 1.86. The summed E-state index contributed by atoms with van der Waals surface area (Å²) >= 11 is 0. The van der Waals surface area contributed by atoms with Crippen molar-refractivity contribution < 1.29 is 9.90 Å². The molecule has 0 aliphatic carbocycles. The van der Waals surface area contributed by atoms with Crippen LogP contribution < -0.4 is 10.6 Å². The number of phenols is 1. The van der Waals surface area contributed by atoms with E-state index in [0.717, 1.165) is 25.2 Å². The van der Waals surface area contributed by atoms with Gasteiger partial charge in [-0.25, -0.2) is 0 Å². The minimum atomic E-state index is 0.0708. The first-order valence-electron chi connectivity index (χ1n) is 7.14. The predicted octanol–water partition coefficient (Wildman–Crippen LogP) is 1.17. The summed E-state index contributed by atoms with van der Waals surface area (Å²) in [4.78, 5) is 16.0. The van der Waals surface area contributed by atoms with E-state index >= 15 is 0 Å². The minimum Gasteiger partial charge on any atom is -0.506 e. The van der Waals surface area contributed by atoms with Gasteiger partial charge in [0.1, 0.15) is 5.75 Å². The van der Waals surface area contributed by atoms with Crippen LogP contribution in [-0.2, 0) is 4.79 Å². The number of piperazine rings is 1. The zero-order valence-electron chi connectivity index (χ0n) is 12.0. The predicted molar refractivity (Wildman–Crippen MR) is 79.8 cm³/mol. The van der Waals surface area contributed by atoms with Gasteiger partial charge in [-0.1, -0.05) is 12.1 Å². The highest BCUT2D eigenvalue weighted by Crippen LogP contribution is 2.27. The number of carbonyl (C=O) groups excluding carboxylic acids is 1. The van der Waals surface area contributed by atoms with Gasteiger partial charge < -0.3 is 20.6 Å². The Morgan fingerprint density at radius 1 is 1.30 bits per heavy atom. The lowest BCUT2D eigenvalue weighted by Gasteiger charge is -2.36. The molecule has 0 radical (unpaired) electrons. The second-order valence-electron chi connectivity index (χ2n) is 5.37. The standard InChI is InChI=1S/C15H23N3O2/c1-12(16)6-7-15(20)18-10-8-17(9-11-18)13-4-2-3-5-14(13)19/h2-5,12,19H,6-11,16H2,1H3. The highest BCUT2D eigenvalue weighted by Gasteiger charge is 2.22. The van der Waals surface area contributed by atoms with Crippen molar-refractivity contribution in [3.8, 4) is 5.75 Å². The molecule has 1 unspecified atom stereocenters. The summed E-state index contributed by atoms with van der Waals surface area (Å²) in [5.41, 5.74) is 6.52. The van der Waals surface area contributed by atoms with Crippen LogP contribution in [0.1, 0.15) is 19.8 Å². The molecule has 0 aromatic heterocycles. The number of aromatic hydroxyl groups is 1. The van der Waals surface area contributed by atoms with Gasteiger partial charge in [0.15, 0.2) is 0 Å². The quantitative estimate of drug-likeness (QED) is 0.866. The van der Waals surface area contributed by atoms with Gasteiger partial charge in [-0.15, -0.1) is 0 Å². The van der Waals surface area contributed by atoms with E-state index in [2.05, 4.69) is 4.90 Å². The molecular weight excluding hydrogens is 254 g/mol. The molecule has 1 aromatic rings. The monoisotopic (exact) mass is 277 g/mol. The van der Waals surface area contributed by atoms with E-state index in [0.29, 0.717) is 25.3 Å². The Morgan fingerprint density at radius 2 is 1.95 bits per heavy atom. The number of amides is 1. The number of hydrogen-bond acceptors (Lipinski definition) is 4. The molecule has 0 spiro atoms. The van der Waals surface area contributed by atoms with Crippen molar-refractivity contribution in [3.63, 3.8) is 0 Å². The highest BCUT2D eigenvalue weighted by atomic mass is 16.3. The van der Waals surface area contributed by atoms with Crippen LogP contribution in [0.5, 0.6) is 5.75 Å². The molecule has 1 heterocycles. The molecule has 1 saturated heterocycles. The minimum absolute atomic E-state index is 0.0708. The number of para-hydroxylation sites is 2. The van der Waals surface area contributed by atoms with Crippen LogP contribution in [0, 0.1) is 0 Å².